The maximum absolute atomic E-state index is 13.7. The Hall–Kier alpha value is -3.42. The molecule has 0 spiro atoms. The van der Waals surface area contributed by atoms with E-state index in [0.717, 1.165) is 24.3 Å². The molecule has 0 aliphatic heterocycles. The number of rotatable bonds is 4. The molecule has 0 saturated carbocycles. The van der Waals surface area contributed by atoms with Crippen LogP contribution < -0.4 is 10.6 Å². The molecular weight excluding hydrogens is 350 g/mol. The molecule has 3 rings (SSSR count). The van der Waals surface area contributed by atoms with Gasteiger partial charge in [0, 0.05) is 12.3 Å². The van der Waals surface area contributed by atoms with Gasteiger partial charge in [-0.25, -0.2) is 17.6 Å². The summed E-state index contributed by atoms with van der Waals surface area (Å²) in [5.41, 5.74) is -0.442. The Labute approximate surface area is 145 Å². The zero-order valence-electron chi connectivity index (χ0n) is 13.1. The molecule has 3 aromatic rings. The molecule has 2 aromatic carbocycles. The minimum Gasteiger partial charge on any atom is -0.349 e. The van der Waals surface area contributed by atoms with Crippen molar-refractivity contribution in [1.82, 2.24) is 4.98 Å². The van der Waals surface area contributed by atoms with Crippen LogP contribution in [0.1, 0.15) is 10.4 Å². The van der Waals surface area contributed by atoms with Crippen LogP contribution in [0.25, 0.3) is 0 Å². The molecule has 0 atom stereocenters. The fourth-order valence-corrected chi connectivity index (χ4v) is 2.18. The summed E-state index contributed by atoms with van der Waals surface area (Å²) in [5, 5.41) is 4.77. The molecule has 2 N–H and O–H groups in total. The molecule has 4 nitrogen and oxygen atoms in total. The largest absolute Gasteiger partial charge is 0.349 e. The monoisotopic (exact) mass is 361 g/mol. The number of hydrogen-bond donors (Lipinski definition) is 2. The van der Waals surface area contributed by atoms with Gasteiger partial charge in [0.15, 0.2) is 0 Å². The first-order valence-electron chi connectivity index (χ1n) is 7.36. The number of halogens is 4. The molecule has 0 radical (unpaired) electrons. The molecule has 1 amide bonds. The van der Waals surface area contributed by atoms with E-state index >= 15 is 0 Å². The average molecular weight is 361 g/mol. The Kier molecular flexibility index (Phi) is 4.83. The van der Waals surface area contributed by atoms with Gasteiger partial charge in [0.25, 0.3) is 5.91 Å². The quantitative estimate of drug-likeness (QED) is 0.666. The van der Waals surface area contributed by atoms with Crippen LogP contribution in [0.15, 0.2) is 54.9 Å². The summed E-state index contributed by atoms with van der Waals surface area (Å²) in [5.74, 6) is -4.06. The van der Waals surface area contributed by atoms with E-state index in [-0.39, 0.29) is 16.9 Å². The second-order valence-corrected chi connectivity index (χ2v) is 5.26. The third-order valence-electron chi connectivity index (χ3n) is 3.41. The molecule has 0 fully saturated rings. The van der Waals surface area contributed by atoms with E-state index in [4.69, 9.17) is 0 Å². The van der Waals surface area contributed by atoms with Crippen molar-refractivity contribution >= 4 is 23.0 Å². The number of anilines is 3. The van der Waals surface area contributed by atoms with E-state index in [2.05, 4.69) is 15.6 Å². The van der Waals surface area contributed by atoms with Gasteiger partial charge in [-0.3, -0.25) is 9.78 Å². The van der Waals surface area contributed by atoms with Gasteiger partial charge in [0.05, 0.1) is 23.1 Å². The van der Waals surface area contributed by atoms with Crippen molar-refractivity contribution in [3.05, 3.63) is 83.7 Å². The third-order valence-corrected chi connectivity index (χ3v) is 3.41. The first-order valence-corrected chi connectivity index (χ1v) is 7.36. The van der Waals surface area contributed by atoms with Crippen LogP contribution in [-0.2, 0) is 0 Å². The van der Waals surface area contributed by atoms with Crippen molar-refractivity contribution in [2.45, 2.75) is 0 Å². The minimum atomic E-state index is -0.936. The van der Waals surface area contributed by atoms with E-state index in [9.17, 15) is 22.4 Å². The zero-order valence-corrected chi connectivity index (χ0v) is 13.1. The van der Waals surface area contributed by atoms with Crippen molar-refractivity contribution in [1.29, 1.82) is 0 Å². The van der Waals surface area contributed by atoms with Crippen LogP contribution in [-0.4, -0.2) is 10.9 Å². The molecule has 132 valence electrons. The SMILES string of the molecule is O=C(Nc1ccc(F)cc1F)c1cncc(Nc2c(F)cccc2F)c1. The van der Waals surface area contributed by atoms with E-state index in [1.807, 2.05) is 0 Å². The minimum absolute atomic E-state index is 0.00970. The van der Waals surface area contributed by atoms with Crippen LogP contribution in [0.4, 0.5) is 34.6 Å². The fraction of sp³-hybridized carbons (Fsp3) is 0. The van der Waals surface area contributed by atoms with E-state index in [1.54, 1.807) is 0 Å². The van der Waals surface area contributed by atoms with Gasteiger partial charge >= 0.3 is 0 Å². The molecule has 0 aliphatic rings. The standard InChI is InChI=1S/C18H11F4N3O/c19-11-4-5-16(15(22)7-11)25-18(26)10-6-12(9-23-8-10)24-17-13(20)2-1-3-14(17)21/h1-9,24H,(H,25,26). The number of pyridine rings is 1. The number of benzene rings is 2. The molecule has 0 aliphatic carbocycles. The third kappa shape index (κ3) is 3.80. The molecule has 1 aromatic heterocycles. The lowest BCUT2D eigenvalue weighted by Crippen LogP contribution is -2.13. The van der Waals surface area contributed by atoms with Crippen LogP contribution in [0, 0.1) is 23.3 Å². The highest BCUT2D eigenvalue weighted by molar-refractivity contribution is 6.04. The number of carbonyl (C=O) groups is 1. The number of nitrogens with one attached hydrogen (secondary N) is 2. The highest BCUT2D eigenvalue weighted by Crippen LogP contribution is 2.23. The van der Waals surface area contributed by atoms with Gasteiger partial charge in [0.1, 0.15) is 29.0 Å². The van der Waals surface area contributed by atoms with Crippen molar-refractivity contribution in [3.8, 4) is 0 Å². The molecule has 0 unspecified atom stereocenters. The zero-order chi connectivity index (χ0) is 18.7. The average Bonchev–Trinajstić information content (AvgIpc) is 2.61. The van der Waals surface area contributed by atoms with E-state index in [0.29, 0.717) is 6.07 Å². The van der Waals surface area contributed by atoms with Crippen LogP contribution in [0.2, 0.25) is 0 Å². The van der Waals surface area contributed by atoms with Gasteiger partial charge in [-0.1, -0.05) is 6.07 Å². The first kappa shape index (κ1) is 17.4. The van der Waals surface area contributed by atoms with Gasteiger partial charge in [0.2, 0.25) is 0 Å². The lowest BCUT2D eigenvalue weighted by Gasteiger charge is -2.10. The second kappa shape index (κ2) is 7.22. The summed E-state index contributed by atoms with van der Waals surface area (Å²) < 4.78 is 53.9. The van der Waals surface area contributed by atoms with Gasteiger partial charge in [-0.2, -0.15) is 0 Å². The lowest BCUT2D eigenvalue weighted by molar-refractivity contribution is 0.102. The van der Waals surface area contributed by atoms with Crippen molar-refractivity contribution < 1.29 is 22.4 Å². The number of para-hydroxylation sites is 1. The molecule has 0 saturated heterocycles. The summed E-state index contributed by atoms with van der Waals surface area (Å²) in [4.78, 5) is 16.0. The second-order valence-electron chi connectivity index (χ2n) is 5.26. The molecule has 0 bridgehead atoms. The highest BCUT2D eigenvalue weighted by Gasteiger charge is 2.13. The van der Waals surface area contributed by atoms with Gasteiger partial charge < -0.3 is 10.6 Å². The summed E-state index contributed by atoms with van der Waals surface area (Å²) in [6, 6.07) is 7.36. The summed E-state index contributed by atoms with van der Waals surface area (Å²) >= 11 is 0. The Morgan fingerprint density at radius 1 is 0.885 bits per heavy atom. The van der Waals surface area contributed by atoms with E-state index in [1.165, 1.54) is 24.5 Å². The van der Waals surface area contributed by atoms with Crippen molar-refractivity contribution in [2.75, 3.05) is 10.6 Å². The number of hydrogen-bond acceptors (Lipinski definition) is 3. The lowest BCUT2D eigenvalue weighted by atomic mass is 10.2. The topological polar surface area (TPSA) is 54.0 Å². The Morgan fingerprint density at radius 2 is 1.62 bits per heavy atom. The molecule has 1 heterocycles. The highest BCUT2D eigenvalue weighted by atomic mass is 19.1. The predicted octanol–water partition coefficient (Wildman–Crippen LogP) is 4.63. The number of nitrogens with zero attached hydrogens (tertiary/aromatic N) is 1. The molecular formula is C18H11F4N3O. The van der Waals surface area contributed by atoms with Gasteiger partial charge in [-0.15, -0.1) is 0 Å². The summed E-state index contributed by atoms with van der Waals surface area (Å²) in [7, 11) is 0. The Morgan fingerprint density at radius 3 is 2.31 bits per heavy atom. The Bertz CT molecular complexity index is 958. The predicted molar refractivity (Wildman–Crippen MR) is 88.2 cm³/mol. The van der Waals surface area contributed by atoms with Crippen molar-refractivity contribution in [3.63, 3.8) is 0 Å². The Balaban J connectivity index is 1.81. The van der Waals surface area contributed by atoms with Crippen molar-refractivity contribution in [2.24, 2.45) is 0 Å². The number of aromatic nitrogens is 1. The maximum Gasteiger partial charge on any atom is 0.257 e. The number of amides is 1. The van der Waals surface area contributed by atoms with Crippen LogP contribution in [0.5, 0.6) is 0 Å². The number of carbonyl (C=O) groups excluding carboxylic acids is 1. The van der Waals surface area contributed by atoms with Crippen LogP contribution in [0.3, 0.4) is 0 Å². The molecule has 8 heteroatoms. The van der Waals surface area contributed by atoms with E-state index < -0.39 is 34.9 Å². The first-order chi connectivity index (χ1) is 12.4. The van der Waals surface area contributed by atoms with Gasteiger partial charge in [-0.05, 0) is 30.3 Å². The van der Waals surface area contributed by atoms with Crippen LogP contribution >= 0.6 is 0 Å². The molecule has 26 heavy (non-hydrogen) atoms. The summed E-state index contributed by atoms with van der Waals surface area (Å²) in [6.07, 6.45) is 2.46. The smallest absolute Gasteiger partial charge is 0.257 e. The fourth-order valence-electron chi connectivity index (χ4n) is 2.18. The maximum atomic E-state index is 13.7. The summed E-state index contributed by atoms with van der Waals surface area (Å²) in [6.45, 7) is 0. The normalized spacial score (nSPS) is 10.5.